The van der Waals surface area contributed by atoms with Gasteiger partial charge >= 0.3 is 6.03 Å². The van der Waals surface area contributed by atoms with Crippen molar-refractivity contribution in [1.82, 2.24) is 5.32 Å². The number of nitro groups is 1. The Balaban J connectivity index is 2.45. The van der Waals surface area contributed by atoms with Crippen molar-refractivity contribution in [3.05, 3.63) is 28.3 Å². The maximum absolute atomic E-state index is 11.5. The maximum Gasteiger partial charge on any atom is 0.322 e. The SMILES string of the molecule is COc1ccc([N+](=O)[O-])cc1N1CCNC1=O. The number of urea groups is 1. The summed E-state index contributed by atoms with van der Waals surface area (Å²) in [7, 11) is 1.46. The molecule has 0 bridgehead atoms. The number of hydrogen-bond acceptors (Lipinski definition) is 4. The molecule has 7 nitrogen and oxygen atoms in total. The molecule has 0 unspecified atom stereocenters. The number of carbonyl (C=O) groups excluding carboxylic acids is 1. The van der Waals surface area contributed by atoms with E-state index in [1.165, 1.54) is 30.2 Å². The molecule has 0 aromatic heterocycles. The van der Waals surface area contributed by atoms with Crippen molar-refractivity contribution < 1.29 is 14.5 Å². The Labute approximate surface area is 97.1 Å². The molecule has 1 heterocycles. The molecule has 1 aliphatic rings. The summed E-state index contributed by atoms with van der Waals surface area (Å²) in [5, 5.41) is 13.3. The van der Waals surface area contributed by atoms with Gasteiger partial charge in [-0.3, -0.25) is 15.0 Å². The van der Waals surface area contributed by atoms with E-state index < -0.39 is 4.92 Å². The lowest BCUT2D eigenvalue weighted by molar-refractivity contribution is -0.384. The van der Waals surface area contributed by atoms with Crippen molar-refractivity contribution in [2.75, 3.05) is 25.1 Å². The summed E-state index contributed by atoms with van der Waals surface area (Å²) >= 11 is 0. The van der Waals surface area contributed by atoms with Crippen molar-refractivity contribution in [2.24, 2.45) is 0 Å². The van der Waals surface area contributed by atoms with Crippen LogP contribution in [0.5, 0.6) is 5.75 Å². The molecule has 0 atom stereocenters. The topological polar surface area (TPSA) is 84.7 Å². The molecule has 7 heteroatoms. The number of nitro benzene ring substituents is 1. The number of nitrogens with one attached hydrogen (secondary N) is 1. The van der Waals surface area contributed by atoms with Crippen LogP contribution in [0.1, 0.15) is 0 Å². The highest BCUT2D eigenvalue weighted by atomic mass is 16.6. The molecule has 90 valence electrons. The summed E-state index contributed by atoms with van der Waals surface area (Å²) in [6.07, 6.45) is 0. The van der Waals surface area contributed by atoms with Crippen LogP contribution >= 0.6 is 0 Å². The minimum Gasteiger partial charge on any atom is -0.495 e. The minimum absolute atomic E-state index is 0.0690. The second-order valence-corrected chi connectivity index (χ2v) is 3.50. The lowest BCUT2D eigenvalue weighted by Gasteiger charge is -2.17. The number of amides is 2. The van der Waals surface area contributed by atoms with Crippen LogP contribution in [0.15, 0.2) is 18.2 Å². The fourth-order valence-electron chi connectivity index (χ4n) is 1.70. The summed E-state index contributed by atoms with van der Waals surface area (Å²) in [6, 6.07) is 3.89. The maximum atomic E-state index is 11.5. The zero-order chi connectivity index (χ0) is 12.4. The van der Waals surface area contributed by atoms with Gasteiger partial charge in [-0.25, -0.2) is 4.79 Å². The van der Waals surface area contributed by atoms with Crippen LogP contribution in [-0.4, -0.2) is 31.2 Å². The van der Waals surface area contributed by atoms with Gasteiger partial charge in [-0.15, -0.1) is 0 Å². The monoisotopic (exact) mass is 237 g/mol. The van der Waals surface area contributed by atoms with E-state index in [0.717, 1.165) is 0 Å². The molecule has 0 radical (unpaired) electrons. The van der Waals surface area contributed by atoms with Crippen LogP contribution in [0.2, 0.25) is 0 Å². The highest BCUT2D eigenvalue weighted by molar-refractivity contribution is 5.95. The molecule has 1 aromatic carbocycles. The number of methoxy groups -OCH3 is 1. The largest absolute Gasteiger partial charge is 0.495 e. The summed E-state index contributed by atoms with van der Waals surface area (Å²) in [5.74, 6) is 0.438. The van der Waals surface area contributed by atoms with E-state index in [4.69, 9.17) is 4.74 Å². The lowest BCUT2D eigenvalue weighted by Crippen LogP contribution is -2.28. The van der Waals surface area contributed by atoms with Gasteiger partial charge in [0.25, 0.3) is 5.69 Å². The van der Waals surface area contributed by atoms with Crippen LogP contribution in [0, 0.1) is 10.1 Å². The average molecular weight is 237 g/mol. The molecular weight excluding hydrogens is 226 g/mol. The smallest absolute Gasteiger partial charge is 0.322 e. The average Bonchev–Trinajstić information content (AvgIpc) is 2.74. The number of anilines is 1. The first kappa shape index (κ1) is 11.2. The number of rotatable bonds is 3. The molecule has 0 spiro atoms. The second-order valence-electron chi connectivity index (χ2n) is 3.50. The van der Waals surface area contributed by atoms with Crippen molar-refractivity contribution in [2.45, 2.75) is 0 Å². The molecule has 1 N–H and O–H groups in total. The van der Waals surface area contributed by atoms with Crippen molar-refractivity contribution in [1.29, 1.82) is 0 Å². The first-order chi connectivity index (χ1) is 8.13. The predicted octanol–water partition coefficient (Wildman–Crippen LogP) is 1.13. The normalized spacial score (nSPS) is 14.6. The molecule has 1 aromatic rings. The van der Waals surface area contributed by atoms with Gasteiger partial charge in [0.05, 0.1) is 17.7 Å². The van der Waals surface area contributed by atoms with Crippen LogP contribution in [0.4, 0.5) is 16.2 Å². The molecule has 0 saturated carbocycles. The van der Waals surface area contributed by atoms with Crippen LogP contribution in [0.3, 0.4) is 0 Å². The summed E-state index contributed by atoms with van der Waals surface area (Å²) in [5.41, 5.74) is 0.345. The van der Waals surface area contributed by atoms with E-state index in [1.807, 2.05) is 0 Å². The van der Waals surface area contributed by atoms with Gasteiger partial charge in [-0.1, -0.05) is 0 Å². The zero-order valence-corrected chi connectivity index (χ0v) is 9.17. The van der Waals surface area contributed by atoms with Gasteiger partial charge in [0, 0.05) is 25.2 Å². The predicted molar refractivity (Wildman–Crippen MR) is 60.4 cm³/mol. The lowest BCUT2D eigenvalue weighted by atomic mass is 10.2. The van der Waals surface area contributed by atoms with Crippen LogP contribution in [-0.2, 0) is 0 Å². The Kier molecular flexibility index (Phi) is 2.82. The molecule has 2 rings (SSSR count). The van der Waals surface area contributed by atoms with E-state index in [2.05, 4.69) is 5.32 Å². The fraction of sp³-hybridized carbons (Fsp3) is 0.300. The van der Waals surface area contributed by atoms with Crippen LogP contribution in [0.25, 0.3) is 0 Å². The summed E-state index contributed by atoms with van der Waals surface area (Å²) in [4.78, 5) is 23.1. The number of non-ortho nitro benzene ring substituents is 1. The Bertz CT molecular complexity index is 475. The number of ether oxygens (including phenoxy) is 1. The van der Waals surface area contributed by atoms with Gasteiger partial charge in [0.15, 0.2) is 0 Å². The van der Waals surface area contributed by atoms with Crippen molar-refractivity contribution in [3.63, 3.8) is 0 Å². The van der Waals surface area contributed by atoms with E-state index in [-0.39, 0.29) is 11.7 Å². The molecule has 17 heavy (non-hydrogen) atoms. The first-order valence-corrected chi connectivity index (χ1v) is 5.01. The van der Waals surface area contributed by atoms with Crippen molar-refractivity contribution in [3.8, 4) is 5.75 Å². The fourth-order valence-corrected chi connectivity index (χ4v) is 1.70. The second kappa shape index (κ2) is 4.28. The standard InChI is InChI=1S/C10H11N3O4/c1-17-9-3-2-7(13(15)16)6-8(9)12-5-4-11-10(12)14/h2-3,6H,4-5H2,1H3,(H,11,14). The third-order valence-electron chi connectivity index (χ3n) is 2.52. The van der Waals surface area contributed by atoms with E-state index >= 15 is 0 Å². The van der Waals surface area contributed by atoms with E-state index in [1.54, 1.807) is 0 Å². The summed E-state index contributed by atoms with van der Waals surface area (Å²) in [6.45, 7) is 0.987. The van der Waals surface area contributed by atoms with Gasteiger partial charge < -0.3 is 10.1 Å². The van der Waals surface area contributed by atoms with Gasteiger partial charge in [-0.2, -0.15) is 0 Å². The molecule has 1 saturated heterocycles. The van der Waals surface area contributed by atoms with E-state index in [9.17, 15) is 14.9 Å². The quantitative estimate of drug-likeness (QED) is 0.630. The molecule has 2 amide bonds. The number of nitrogens with zero attached hydrogens (tertiary/aromatic N) is 2. The van der Waals surface area contributed by atoms with Gasteiger partial charge in [-0.05, 0) is 6.07 Å². The molecular formula is C10H11N3O4. The Morgan fingerprint density at radius 1 is 1.53 bits per heavy atom. The van der Waals surface area contributed by atoms with Gasteiger partial charge in [0.2, 0.25) is 0 Å². The van der Waals surface area contributed by atoms with Gasteiger partial charge in [0.1, 0.15) is 5.75 Å². The first-order valence-electron chi connectivity index (χ1n) is 5.01. The molecule has 1 fully saturated rings. The highest BCUT2D eigenvalue weighted by Gasteiger charge is 2.25. The summed E-state index contributed by atoms with van der Waals surface area (Å²) < 4.78 is 5.10. The Morgan fingerprint density at radius 2 is 2.29 bits per heavy atom. The Morgan fingerprint density at radius 3 is 2.82 bits per heavy atom. The van der Waals surface area contributed by atoms with E-state index in [0.29, 0.717) is 24.5 Å². The number of carbonyl (C=O) groups is 1. The number of hydrogen-bond donors (Lipinski definition) is 1. The molecule has 0 aliphatic carbocycles. The van der Waals surface area contributed by atoms with Crippen molar-refractivity contribution >= 4 is 17.4 Å². The Hall–Kier alpha value is -2.31. The minimum atomic E-state index is -0.503. The zero-order valence-electron chi connectivity index (χ0n) is 9.17. The third kappa shape index (κ3) is 1.99. The number of benzene rings is 1. The third-order valence-corrected chi connectivity index (χ3v) is 2.52. The highest BCUT2D eigenvalue weighted by Crippen LogP contribution is 2.32. The molecule has 1 aliphatic heterocycles. The van der Waals surface area contributed by atoms with Crippen LogP contribution < -0.4 is 15.0 Å².